The van der Waals surface area contributed by atoms with E-state index < -0.39 is 5.97 Å². The van der Waals surface area contributed by atoms with Gasteiger partial charge < -0.3 is 9.84 Å². The zero-order valence-corrected chi connectivity index (χ0v) is 10.9. The smallest absolute Gasteiger partial charge is 0.335 e. The number of rotatable bonds is 5. The number of aryl methyl sites for hydroxylation is 1. The number of carboxylic acid groups (broad SMARTS) is 1. The molecule has 0 amide bonds. The number of benzene rings is 1. The first-order valence-electron chi connectivity index (χ1n) is 5.66. The molecule has 1 heterocycles. The van der Waals surface area contributed by atoms with E-state index in [9.17, 15) is 4.79 Å². The standard InChI is InChI=1S/C14H14O3S/c1-10-9-11(4-5-13(10)14(15)16)17-7-6-12-3-2-8-18-12/h2-5,8-9H,6-7H2,1H3,(H,15,16). The number of thiophene rings is 1. The van der Waals surface area contributed by atoms with Crippen LogP contribution in [0, 0.1) is 6.92 Å². The molecule has 0 atom stereocenters. The van der Waals surface area contributed by atoms with Crippen molar-refractivity contribution in [3.63, 3.8) is 0 Å². The molecule has 4 heteroatoms. The largest absolute Gasteiger partial charge is 0.493 e. The van der Waals surface area contributed by atoms with Crippen LogP contribution in [0.2, 0.25) is 0 Å². The van der Waals surface area contributed by atoms with Crippen LogP contribution in [0.25, 0.3) is 0 Å². The van der Waals surface area contributed by atoms with Crippen LogP contribution in [0.15, 0.2) is 35.7 Å². The number of carbonyl (C=O) groups is 1. The topological polar surface area (TPSA) is 46.5 Å². The molecule has 1 aromatic carbocycles. The molecule has 0 radical (unpaired) electrons. The van der Waals surface area contributed by atoms with E-state index in [0.29, 0.717) is 17.9 Å². The Kier molecular flexibility index (Phi) is 3.99. The molecule has 0 spiro atoms. The Balaban J connectivity index is 1.94. The highest BCUT2D eigenvalue weighted by Crippen LogP contribution is 2.18. The maximum absolute atomic E-state index is 10.9. The summed E-state index contributed by atoms with van der Waals surface area (Å²) in [5.41, 5.74) is 1.04. The van der Waals surface area contributed by atoms with Crippen molar-refractivity contribution in [1.82, 2.24) is 0 Å². The predicted octanol–water partition coefficient (Wildman–Crippen LogP) is 3.38. The Morgan fingerprint density at radius 3 is 2.83 bits per heavy atom. The molecular weight excluding hydrogens is 248 g/mol. The average molecular weight is 262 g/mol. The van der Waals surface area contributed by atoms with Gasteiger partial charge in [-0.3, -0.25) is 0 Å². The van der Waals surface area contributed by atoms with E-state index in [1.54, 1.807) is 36.5 Å². The van der Waals surface area contributed by atoms with Gasteiger partial charge in [0.25, 0.3) is 0 Å². The van der Waals surface area contributed by atoms with Crippen LogP contribution in [0.1, 0.15) is 20.8 Å². The molecule has 2 rings (SSSR count). The molecule has 0 unspecified atom stereocenters. The van der Waals surface area contributed by atoms with Gasteiger partial charge in [0.15, 0.2) is 0 Å². The van der Waals surface area contributed by atoms with Gasteiger partial charge in [-0.2, -0.15) is 0 Å². The summed E-state index contributed by atoms with van der Waals surface area (Å²) in [5.74, 6) is -0.188. The molecule has 0 aliphatic rings. The average Bonchev–Trinajstić information content (AvgIpc) is 2.81. The molecule has 0 bridgehead atoms. The fourth-order valence-corrected chi connectivity index (χ4v) is 2.38. The van der Waals surface area contributed by atoms with Crippen molar-refractivity contribution >= 4 is 17.3 Å². The van der Waals surface area contributed by atoms with Crippen molar-refractivity contribution in [1.29, 1.82) is 0 Å². The number of hydrogen-bond acceptors (Lipinski definition) is 3. The molecule has 0 saturated carbocycles. The molecule has 2 aromatic rings. The number of carboxylic acids is 1. The van der Waals surface area contributed by atoms with Crippen LogP contribution in [0.5, 0.6) is 5.75 Å². The van der Waals surface area contributed by atoms with E-state index in [-0.39, 0.29) is 0 Å². The van der Waals surface area contributed by atoms with E-state index in [2.05, 4.69) is 6.07 Å². The van der Waals surface area contributed by atoms with E-state index in [4.69, 9.17) is 9.84 Å². The van der Waals surface area contributed by atoms with Crippen molar-refractivity contribution < 1.29 is 14.6 Å². The Labute approximate surface area is 110 Å². The van der Waals surface area contributed by atoms with Gasteiger partial charge in [-0.25, -0.2) is 4.79 Å². The lowest BCUT2D eigenvalue weighted by Gasteiger charge is -2.07. The molecule has 0 saturated heterocycles. The molecule has 3 nitrogen and oxygen atoms in total. The van der Waals surface area contributed by atoms with E-state index in [1.165, 1.54) is 4.88 Å². The van der Waals surface area contributed by atoms with E-state index in [0.717, 1.165) is 12.0 Å². The Bertz CT molecular complexity index is 532. The quantitative estimate of drug-likeness (QED) is 0.898. The van der Waals surface area contributed by atoms with Crippen LogP contribution in [0.4, 0.5) is 0 Å². The van der Waals surface area contributed by atoms with Crippen molar-refractivity contribution in [2.24, 2.45) is 0 Å². The van der Waals surface area contributed by atoms with Gasteiger partial charge in [-0.15, -0.1) is 11.3 Å². The Morgan fingerprint density at radius 1 is 1.39 bits per heavy atom. The van der Waals surface area contributed by atoms with Crippen LogP contribution < -0.4 is 4.74 Å². The summed E-state index contributed by atoms with van der Waals surface area (Å²) in [6, 6.07) is 9.14. The third-order valence-electron chi connectivity index (χ3n) is 2.63. The van der Waals surface area contributed by atoms with Crippen LogP contribution in [-0.4, -0.2) is 17.7 Å². The number of hydrogen-bond donors (Lipinski definition) is 1. The molecule has 0 fully saturated rings. The molecule has 1 N–H and O–H groups in total. The zero-order chi connectivity index (χ0) is 13.0. The Hall–Kier alpha value is -1.81. The molecule has 1 aromatic heterocycles. The third-order valence-corrected chi connectivity index (χ3v) is 3.56. The zero-order valence-electron chi connectivity index (χ0n) is 10.1. The minimum absolute atomic E-state index is 0.320. The van der Waals surface area contributed by atoms with Crippen LogP contribution >= 0.6 is 11.3 Å². The van der Waals surface area contributed by atoms with Gasteiger partial charge in [0.05, 0.1) is 12.2 Å². The highest BCUT2D eigenvalue weighted by atomic mass is 32.1. The molecule has 18 heavy (non-hydrogen) atoms. The van der Waals surface area contributed by atoms with Gasteiger partial charge in [0, 0.05) is 11.3 Å². The molecular formula is C14H14O3S. The van der Waals surface area contributed by atoms with Crippen molar-refractivity contribution in [3.05, 3.63) is 51.7 Å². The van der Waals surface area contributed by atoms with Crippen molar-refractivity contribution in [3.8, 4) is 5.75 Å². The maximum Gasteiger partial charge on any atom is 0.335 e. The van der Waals surface area contributed by atoms with Gasteiger partial charge in [0.2, 0.25) is 0 Å². The summed E-state index contributed by atoms with van der Waals surface area (Å²) < 4.78 is 5.61. The molecule has 0 aliphatic heterocycles. The second kappa shape index (κ2) is 5.69. The first-order chi connectivity index (χ1) is 8.66. The summed E-state index contributed by atoms with van der Waals surface area (Å²) in [4.78, 5) is 12.1. The lowest BCUT2D eigenvalue weighted by Crippen LogP contribution is -2.03. The normalized spacial score (nSPS) is 10.3. The molecule has 0 aliphatic carbocycles. The van der Waals surface area contributed by atoms with Gasteiger partial charge in [-0.05, 0) is 42.1 Å². The second-order valence-electron chi connectivity index (χ2n) is 3.96. The van der Waals surface area contributed by atoms with Crippen molar-refractivity contribution in [2.45, 2.75) is 13.3 Å². The first-order valence-corrected chi connectivity index (χ1v) is 6.54. The first kappa shape index (κ1) is 12.6. The summed E-state index contributed by atoms with van der Waals surface area (Å²) in [6.07, 6.45) is 0.872. The summed E-state index contributed by atoms with van der Waals surface area (Å²) in [5, 5.41) is 11.0. The van der Waals surface area contributed by atoms with Crippen LogP contribution in [-0.2, 0) is 6.42 Å². The Morgan fingerprint density at radius 2 is 2.22 bits per heavy atom. The second-order valence-corrected chi connectivity index (χ2v) is 4.99. The minimum atomic E-state index is -0.905. The number of ether oxygens (including phenoxy) is 1. The monoisotopic (exact) mass is 262 g/mol. The highest BCUT2D eigenvalue weighted by molar-refractivity contribution is 7.09. The maximum atomic E-state index is 10.9. The van der Waals surface area contributed by atoms with Crippen molar-refractivity contribution in [2.75, 3.05) is 6.61 Å². The highest BCUT2D eigenvalue weighted by Gasteiger charge is 2.07. The van der Waals surface area contributed by atoms with Gasteiger partial charge in [0.1, 0.15) is 5.75 Å². The van der Waals surface area contributed by atoms with E-state index >= 15 is 0 Å². The SMILES string of the molecule is Cc1cc(OCCc2cccs2)ccc1C(=O)O. The van der Waals surface area contributed by atoms with Gasteiger partial charge >= 0.3 is 5.97 Å². The third kappa shape index (κ3) is 3.11. The lowest BCUT2D eigenvalue weighted by molar-refractivity contribution is 0.0696. The summed E-state index contributed by atoms with van der Waals surface area (Å²) in [7, 11) is 0. The fourth-order valence-electron chi connectivity index (χ4n) is 1.69. The van der Waals surface area contributed by atoms with E-state index in [1.807, 2.05) is 11.4 Å². The summed E-state index contributed by atoms with van der Waals surface area (Å²) >= 11 is 1.71. The predicted molar refractivity (Wildman–Crippen MR) is 71.7 cm³/mol. The summed E-state index contributed by atoms with van der Waals surface area (Å²) in [6.45, 7) is 2.38. The lowest BCUT2D eigenvalue weighted by atomic mass is 10.1. The molecule has 94 valence electrons. The van der Waals surface area contributed by atoms with Gasteiger partial charge in [-0.1, -0.05) is 6.07 Å². The minimum Gasteiger partial charge on any atom is -0.493 e. The van der Waals surface area contributed by atoms with Crippen LogP contribution in [0.3, 0.4) is 0 Å². The fraction of sp³-hybridized carbons (Fsp3) is 0.214. The number of aromatic carboxylic acids is 1.